The molecule has 0 atom stereocenters. The fraction of sp³-hybridized carbons (Fsp3) is 0.278. The average molecular weight is 342 g/mol. The smallest absolute Gasteiger partial charge is 0.119 e. The number of methoxy groups -OCH3 is 1. The number of nitrogens with zero attached hydrogens (tertiary/aromatic N) is 3. The van der Waals surface area contributed by atoms with E-state index in [9.17, 15) is 10.4 Å². The monoisotopic (exact) mass is 342 g/mol. The highest BCUT2D eigenvalue weighted by atomic mass is 16.8. The Hall–Kier alpha value is -2.61. The first-order valence-electron chi connectivity index (χ1n) is 7.98. The summed E-state index contributed by atoms with van der Waals surface area (Å²) in [6.07, 6.45) is 0. The molecule has 0 aliphatic rings. The molecule has 3 rings (SSSR count). The van der Waals surface area contributed by atoms with Gasteiger partial charge in [-0.25, -0.2) is 4.98 Å². The third kappa shape index (κ3) is 3.43. The van der Waals surface area contributed by atoms with Crippen LogP contribution in [0.4, 0.5) is 11.4 Å². The van der Waals surface area contributed by atoms with Gasteiger partial charge in [0.25, 0.3) is 0 Å². The Morgan fingerprint density at radius 1 is 1.12 bits per heavy atom. The molecular weight excluding hydrogens is 320 g/mol. The van der Waals surface area contributed by atoms with E-state index in [1.807, 2.05) is 38.4 Å². The number of rotatable bonds is 6. The Bertz CT molecular complexity index is 896. The zero-order valence-corrected chi connectivity index (χ0v) is 14.5. The van der Waals surface area contributed by atoms with Gasteiger partial charge in [0.05, 0.1) is 29.2 Å². The average Bonchev–Trinajstić information content (AvgIpc) is 2.59. The van der Waals surface area contributed by atoms with Crippen LogP contribution >= 0.6 is 0 Å². The van der Waals surface area contributed by atoms with E-state index in [1.165, 1.54) is 0 Å². The maximum absolute atomic E-state index is 9.63. The third-order valence-electron chi connectivity index (χ3n) is 4.06. The summed E-state index contributed by atoms with van der Waals surface area (Å²) in [5.74, 6) is 0.714. The van der Waals surface area contributed by atoms with Crippen molar-refractivity contribution < 1.29 is 15.2 Å². The summed E-state index contributed by atoms with van der Waals surface area (Å²) in [5.41, 5.74) is 2.54. The summed E-state index contributed by atoms with van der Waals surface area (Å²) < 4.78 is 5.34. The molecule has 7 nitrogen and oxygen atoms in total. The van der Waals surface area contributed by atoms with E-state index in [1.54, 1.807) is 19.2 Å². The van der Waals surface area contributed by atoms with Gasteiger partial charge in [0, 0.05) is 18.5 Å². The number of ether oxygens (including phenoxy) is 1. The first-order valence-corrected chi connectivity index (χ1v) is 7.98. The quantitative estimate of drug-likeness (QED) is 0.469. The minimum Gasteiger partial charge on any atom is -0.497 e. The number of nitrogens with one attached hydrogen (secondary N) is 1. The van der Waals surface area contributed by atoms with Crippen LogP contribution in [0.3, 0.4) is 0 Å². The second-order valence-electron chi connectivity index (χ2n) is 6.06. The first kappa shape index (κ1) is 17.2. The van der Waals surface area contributed by atoms with Crippen LogP contribution in [-0.2, 0) is 0 Å². The van der Waals surface area contributed by atoms with Crippen molar-refractivity contribution in [3.63, 3.8) is 0 Å². The fourth-order valence-electron chi connectivity index (χ4n) is 2.84. The van der Waals surface area contributed by atoms with Crippen LogP contribution in [0.15, 0.2) is 36.4 Å². The maximum atomic E-state index is 9.63. The molecule has 0 aliphatic heterocycles. The molecule has 3 N–H and O–H groups in total. The van der Waals surface area contributed by atoms with Gasteiger partial charge < -0.3 is 15.0 Å². The van der Waals surface area contributed by atoms with Crippen LogP contribution in [0.2, 0.25) is 0 Å². The minimum absolute atomic E-state index is 0.132. The number of benzene rings is 2. The van der Waals surface area contributed by atoms with Crippen LogP contribution in [-0.4, -0.2) is 54.6 Å². The molecule has 2 aromatic carbocycles. The molecule has 0 amide bonds. The summed E-state index contributed by atoms with van der Waals surface area (Å²) in [6.45, 7) is 1.53. The van der Waals surface area contributed by atoms with Gasteiger partial charge in [-0.15, -0.1) is 5.23 Å². The molecule has 0 spiro atoms. The summed E-state index contributed by atoms with van der Waals surface area (Å²) in [5, 5.41) is 24.3. The molecule has 1 aromatic heterocycles. The van der Waals surface area contributed by atoms with Crippen molar-refractivity contribution in [1.82, 2.24) is 9.88 Å². The minimum atomic E-state index is 0.132. The number of likely N-dealkylation sites (N-methyl/N-ethyl adjacent to an activating group) is 1. The first-order chi connectivity index (χ1) is 12.0. The second kappa shape index (κ2) is 7.10. The number of aromatic nitrogens is 1. The molecule has 0 saturated carbocycles. The van der Waals surface area contributed by atoms with Crippen LogP contribution < -0.4 is 15.3 Å². The highest BCUT2D eigenvalue weighted by Gasteiger charge is 2.15. The van der Waals surface area contributed by atoms with Crippen molar-refractivity contribution in [3.8, 4) is 5.75 Å². The molecule has 0 saturated heterocycles. The Kier molecular flexibility index (Phi) is 4.89. The van der Waals surface area contributed by atoms with Gasteiger partial charge in [-0.2, -0.15) is 0 Å². The number of hydrogen-bond acceptors (Lipinski definition) is 7. The molecular formula is C18H22N4O3. The lowest BCUT2D eigenvalue weighted by Gasteiger charge is -2.19. The van der Waals surface area contributed by atoms with Gasteiger partial charge in [-0.05, 0) is 44.4 Å². The van der Waals surface area contributed by atoms with Gasteiger partial charge >= 0.3 is 0 Å². The van der Waals surface area contributed by atoms with E-state index in [0.717, 1.165) is 23.1 Å². The molecule has 1 heterocycles. The number of hydrogen-bond donors (Lipinski definition) is 3. The van der Waals surface area contributed by atoms with Gasteiger partial charge in [0.1, 0.15) is 11.4 Å². The highest BCUT2D eigenvalue weighted by Crippen LogP contribution is 2.37. The largest absolute Gasteiger partial charge is 0.497 e. The van der Waals surface area contributed by atoms with Crippen molar-refractivity contribution in [2.24, 2.45) is 0 Å². The lowest BCUT2D eigenvalue weighted by atomic mass is 10.1. The van der Waals surface area contributed by atoms with Crippen molar-refractivity contribution in [1.29, 1.82) is 0 Å². The molecule has 0 aliphatic carbocycles. The highest BCUT2D eigenvalue weighted by molar-refractivity contribution is 6.12. The molecule has 0 fully saturated rings. The predicted molar refractivity (Wildman–Crippen MR) is 98.9 cm³/mol. The van der Waals surface area contributed by atoms with E-state index < -0.39 is 0 Å². The Balaban J connectivity index is 2.27. The third-order valence-corrected chi connectivity index (χ3v) is 4.06. The second-order valence-corrected chi connectivity index (χ2v) is 6.06. The topological polar surface area (TPSA) is 81.1 Å². The van der Waals surface area contributed by atoms with E-state index in [2.05, 4.69) is 15.2 Å². The van der Waals surface area contributed by atoms with E-state index in [4.69, 9.17) is 4.74 Å². The molecule has 132 valence electrons. The van der Waals surface area contributed by atoms with Crippen LogP contribution in [0, 0.1) is 0 Å². The van der Waals surface area contributed by atoms with Crippen LogP contribution in [0.1, 0.15) is 0 Å². The number of fused-ring (bicyclic) bond motifs is 2. The normalized spacial score (nSPS) is 11.3. The summed E-state index contributed by atoms with van der Waals surface area (Å²) in [6, 6.07) is 10.9. The molecule has 3 aromatic rings. The Morgan fingerprint density at radius 3 is 2.60 bits per heavy atom. The lowest BCUT2D eigenvalue weighted by molar-refractivity contribution is 0.0300. The van der Waals surface area contributed by atoms with Crippen LogP contribution in [0.25, 0.3) is 21.8 Å². The summed E-state index contributed by atoms with van der Waals surface area (Å²) in [7, 11) is 5.62. The molecule has 0 bridgehead atoms. The fourth-order valence-corrected chi connectivity index (χ4v) is 2.84. The van der Waals surface area contributed by atoms with E-state index in [-0.39, 0.29) is 10.9 Å². The maximum Gasteiger partial charge on any atom is 0.119 e. The van der Waals surface area contributed by atoms with Gasteiger partial charge in [0.15, 0.2) is 0 Å². The Labute approximate surface area is 146 Å². The van der Waals surface area contributed by atoms with Gasteiger partial charge in [0.2, 0.25) is 0 Å². The number of pyridine rings is 1. The molecule has 0 unspecified atom stereocenters. The zero-order valence-electron chi connectivity index (χ0n) is 14.5. The van der Waals surface area contributed by atoms with Crippen LogP contribution in [0.5, 0.6) is 5.75 Å². The van der Waals surface area contributed by atoms with Gasteiger partial charge in [-0.3, -0.25) is 10.4 Å². The Morgan fingerprint density at radius 2 is 1.92 bits per heavy atom. The van der Waals surface area contributed by atoms with Crippen molar-refractivity contribution in [3.05, 3.63) is 36.4 Å². The van der Waals surface area contributed by atoms with Crippen molar-refractivity contribution in [2.75, 3.05) is 44.8 Å². The molecule has 25 heavy (non-hydrogen) atoms. The zero-order chi connectivity index (χ0) is 18.0. The van der Waals surface area contributed by atoms with Crippen molar-refractivity contribution >= 4 is 33.2 Å². The van der Waals surface area contributed by atoms with Gasteiger partial charge in [-0.1, -0.05) is 6.07 Å². The number of anilines is 2. The van der Waals surface area contributed by atoms with E-state index in [0.29, 0.717) is 23.2 Å². The molecule has 0 radical (unpaired) electrons. The van der Waals surface area contributed by atoms with Crippen molar-refractivity contribution in [2.45, 2.75) is 0 Å². The predicted octanol–water partition coefficient (Wildman–Crippen LogP) is 2.95. The molecule has 7 heteroatoms. The van der Waals surface area contributed by atoms with E-state index >= 15 is 0 Å². The SMILES string of the molecule is COc1ccc2nc3cccc(N(O)O)c3c(NCCN(C)C)c2c1. The summed E-state index contributed by atoms with van der Waals surface area (Å²) in [4.78, 5) is 6.72. The standard InChI is InChI=1S/C18H22N4O3/c1-21(2)10-9-19-18-13-11-12(25-3)7-8-14(13)20-15-5-4-6-16(17(15)18)22(23)24/h4-8,11,23-24H,9-10H2,1-3H3,(H,19,20). The summed E-state index contributed by atoms with van der Waals surface area (Å²) >= 11 is 0. The lowest BCUT2D eigenvalue weighted by Crippen LogP contribution is -2.21.